The summed E-state index contributed by atoms with van der Waals surface area (Å²) in [5.41, 5.74) is 0.315. The maximum Gasteiger partial charge on any atom is 0.261 e. The van der Waals surface area contributed by atoms with E-state index in [1.54, 1.807) is 18.2 Å². The minimum atomic E-state index is -3.99. The summed E-state index contributed by atoms with van der Waals surface area (Å²) >= 11 is 1.08. The van der Waals surface area contributed by atoms with Gasteiger partial charge in [-0.25, -0.2) is 16.8 Å². The van der Waals surface area contributed by atoms with Gasteiger partial charge in [-0.2, -0.15) is 5.26 Å². The predicted octanol–water partition coefficient (Wildman–Crippen LogP) is 3.25. The fourth-order valence-electron chi connectivity index (χ4n) is 2.21. The lowest BCUT2D eigenvalue weighted by Gasteiger charge is -2.10. The van der Waals surface area contributed by atoms with E-state index in [1.165, 1.54) is 47.2 Å². The van der Waals surface area contributed by atoms with Crippen LogP contribution in [0.3, 0.4) is 0 Å². The summed E-state index contributed by atoms with van der Waals surface area (Å²) in [7, 11) is -7.84. The highest BCUT2D eigenvalue weighted by Crippen LogP contribution is 2.32. The summed E-state index contributed by atoms with van der Waals surface area (Å²) in [6, 6.07) is 15.0. The van der Waals surface area contributed by atoms with Gasteiger partial charge in [0.05, 0.1) is 27.1 Å². The molecule has 0 saturated carbocycles. The largest absolute Gasteiger partial charge is 0.277 e. The Kier molecular flexibility index (Phi) is 4.82. The van der Waals surface area contributed by atoms with Crippen molar-refractivity contribution in [1.29, 1.82) is 5.26 Å². The molecule has 0 radical (unpaired) electrons. The summed E-state index contributed by atoms with van der Waals surface area (Å²) in [6.07, 6.45) is 0. The Bertz CT molecular complexity index is 1170. The lowest BCUT2D eigenvalue weighted by atomic mass is 10.2. The number of sulfonamides is 1. The molecule has 2 aromatic carbocycles. The highest BCUT2D eigenvalue weighted by Gasteiger charge is 2.25. The molecule has 0 saturated heterocycles. The number of nitrogens with zero attached hydrogens (tertiary/aromatic N) is 1. The summed E-state index contributed by atoms with van der Waals surface area (Å²) in [5.74, 6) is 0. The van der Waals surface area contributed by atoms with E-state index in [-0.39, 0.29) is 20.4 Å². The van der Waals surface area contributed by atoms with Gasteiger partial charge >= 0.3 is 0 Å². The van der Waals surface area contributed by atoms with Crippen LogP contribution in [0.15, 0.2) is 80.0 Å². The lowest BCUT2D eigenvalue weighted by molar-refractivity contribution is 0.597. The van der Waals surface area contributed by atoms with Gasteiger partial charge < -0.3 is 0 Å². The van der Waals surface area contributed by atoms with Crippen molar-refractivity contribution in [2.24, 2.45) is 0 Å². The van der Waals surface area contributed by atoms with Crippen LogP contribution in [0.2, 0.25) is 0 Å². The quantitative estimate of drug-likeness (QED) is 0.703. The van der Waals surface area contributed by atoms with E-state index in [2.05, 4.69) is 4.72 Å². The van der Waals surface area contributed by atoms with Gasteiger partial charge in [0.15, 0.2) is 0 Å². The van der Waals surface area contributed by atoms with E-state index < -0.39 is 19.9 Å². The molecule has 0 fully saturated rings. The average Bonchev–Trinajstić information content (AvgIpc) is 3.11. The molecule has 0 aliphatic heterocycles. The van der Waals surface area contributed by atoms with Crippen molar-refractivity contribution in [3.05, 3.63) is 70.9 Å². The van der Waals surface area contributed by atoms with E-state index >= 15 is 0 Å². The molecule has 0 amide bonds. The molecule has 0 atom stereocenters. The van der Waals surface area contributed by atoms with Crippen molar-refractivity contribution in [2.45, 2.75) is 14.7 Å². The van der Waals surface area contributed by atoms with Gasteiger partial charge in [-0.05, 0) is 36.4 Å². The van der Waals surface area contributed by atoms with Crippen LogP contribution in [-0.4, -0.2) is 16.8 Å². The van der Waals surface area contributed by atoms with Gasteiger partial charge in [-0.1, -0.05) is 18.2 Å². The maximum atomic E-state index is 12.8. The second-order valence-corrected chi connectivity index (χ2v) is 9.55. The van der Waals surface area contributed by atoms with Crippen LogP contribution in [-0.2, 0) is 19.9 Å². The number of nitrogens with one attached hydrogen (secondary N) is 1. The van der Waals surface area contributed by atoms with Gasteiger partial charge in [-0.15, -0.1) is 11.3 Å². The van der Waals surface area contributed by atoms with Gasteiger partial charge in [-0.3, -0.25) is 4.72 Å². The minimum Gasteiger partial charge on any atom is -0.277 e. The standard InChI is InChI=1S/C17H12N2O4S3/c18-10-13-6-8-15(9-7-13)26(22,23)19-16-11-24-12-17(16)25(20,21)14-4-2-1-3-5-14/h1-9,11-12,19H. The number of hydrogen-bond acceptors (Lipinski definition) is 6. The molecule has 9 heteroatoms. The molecule has 3 aromatic rings. The van der Waals surface area contributed by atoms with Crippen molar-refractivity contribution in [3.63, 3.8) is 0 Å². The van der Waals surface area contributed by atoms with E-state index in [0.29, 0.717) is 5.56 Å². The van der Waals surface area contributed by atoms with Crippen molar-refractivity contribution >= 4 is 36.9 Å². The first-order valence-corrected chi connectivity index (χ1v) is 11.1. The molecule has 0 aliphatic rings. The SMILES string of the molecule is N#Cc1ccc(S(=O)(=O)Nc2cscc2S(=O)(=O)c2ccccc2)cc1. The fraction of sp³-hybridized carbons (Fsp3) is 0. The second kappa shape index (κ2) is 6.92. The van der Waals surface area contributed by atoms with Gasteiger partial charge in [0.2, 0.25) is 9.84 Å². The molecule has 1 N–H and O–H groups in total. The first-order chi connectivity index (χ1) is 12.3. The number of hydrogen-bond donors (Lipinski definition) is 1. The number of benzene rings is 2. The Morgan fingerprint density at radius 1 is 0.846 bits per heavy atom. The molecule has 3 rings (SSSR count). The molecule has 1 heterocycles. The maximum absolute atomic E-state index is 12.8. The number of anilines is 1. The highest BCUT2D eigenvalue weighted by atomic mass is 32.2. The summed E-state index contributed by atoms with van der Waals surface area (Å²) < 4.78 is 52.9. The number of thiophene rings is 1. The van der Waals surface area contributed by atoms with Crippen LogP contribution in [0, 0.1) is 11.3 Å². The first-order valence-electron chi connectivity index (χ1n) is 7.24. The average molecular weight is 404 g/mol. The zero-order chi connectivity index (χ0) is 18.8. The van der Waals surface area contributed by atoms with E-state index in [1.807, 2.05) is 6.07 Å². The van der Waals surface area contributed by atoms with E-state index in [9.17, 15) is 16.8 Å². The topological polar surface area (TPSA) is 104 Å². The molecule has 132 valence electrons. The van der Waals surface area contributed by atoms with Crippen molar-refractivity contribution < 1.29 is 16.8 Å². The van der Waals surface area contributed by atoms with Crippen LogP contribution in [0.1, 0.15) is 5.56 Å². The van der Waals surface area contributed by atoms with Gasteiger partial charge in [0.25, 0.3) is 10.0 Å². The lowest BCUT2D eigenvalue weighted by Crippen LogP contribution is -2.14. The van der Waals surface area contributed by atoms with Crippen LogP contribution in [0.4, 0.5) is 5.69 Å². The second-order valence-electron chi connectivity index (χ2n) is 5.21. The molecule has 0 unspecified atom stereocenters. The predicted molar refractivity (Wildman–Crippen MR) is 98.2 cm³/mol. The first kappa shape index (κ1) is 18.1. The smallest absolute Gasteiger partial charge is 0.261 e. The van der Waals surface area contributed by atoms with Crippen LogP contribution >= 0.6 is 11.3 Å². The molecule has 26 heavy (non-hydrogen) atoms. The number of rotatable bonds is 5. The third kappa shape index (κ3) is 3.48. The zero-order valence-electron chi connectivity index (χ0n) is 13.2. The monoisotopic (exact) mass is 404 g/mol. The van der Waals surface area contributed by atoms with Crippen molar-refractivity contribution in [2.75, 3.05) is 4.72 Å². The Balaban J connectivity index is 1.98. The third-order valence-corrected chi connectivity index (χ3v) is 7.59. The van der Waals surface area contributed by atoms with Crippen molar-refractivity contribution in [1.82, 2.24) is 0 Å². The van der Waals surface area contributed by atoms with E-state index in [4.69, 9.17) is 5.26 Å². The number of sulfone groups is 1. The van der Waals surface area contributed by atoms with Crippen LogP contribution in [0.5, 0.6) is 0 Å². The Morgan fingerprint density at radius 2 is 1.50 bits per heavy atom. The Morgan fingerprint density at radius 3 is 2.12 bits per heavy atom. The van der Waals surface area contributed by atoms with Gasteiger partial charge in [0.1, 0.15) is 4.90 Å². The molecular weight excluding hydrogens is 392 g/mol. The minimum absolute atomic E-state index is 0.0109. The van der Waals surface area contributed by atoms with Crippen molar-refractivity contribution in [3.8, 4) is 6.07 Å². The molecule has 1 aromatic heterocycles. The molecule has 0 bridgehead atoms. The Hall–Kier alpha value is -2.67. The molecule has 0 aliphatic carbocycles. The highest BCUT2D eigenvalue weighted by molar-refractivity contribution is 7.93. The molecule has 0 spiro atoms. The normalized spacial score (nSPS) is 11.7. The zero-order valence-corrected chi connectivity index (χ0v) is 15.6. The third-order valence-electron chi connectivity index (χ3n) is 3.51. The fourth-order valence-corrected chi connectivity index (χ4v) is 5.97. The summed E-state index contributed by atoms with van der Waals surface area (Å²) in [4.78, 5) is -0.0890. The van der Waals surface area contributed by atoms with Crippen LogP contribution < -0.4 is 4.72 Å². The Labute approximate surface area is 155 Å². The summed E-state index contributed by atoms with van der Waals surface area (Å²) in [6.45, 7) is 0. The number of nitriles is 1. The van der Waals surface area contributed by atoms with Gasteiger partial charge in [0, 0.05) is 10.8 Å². The molecule has 6 nitrogen and oxygen atoms in total. The van der Waals surface area contributed by atoms with E-state index in [0.717, 1.165) is 11.3 Å². The van der Waals surface area contributed by atoms with Crippen LogP contribution in [0.25, 0.3) is 0 Å². The summed E-state index contributed by atoms with van der Waals surface area (Å²) in [5, 5.41) is 11.6. The molecular formula is C17H12N2O4S3.